The van der Waals surface area contributed by atoms with Crippen molar-refractivity contribution >= 4 is 11.8 Å². The molecule has 3 nitrogen and oxygen atoms in total. The van der Waals surface area contributed by atoms with Crippen LogP contribution in [0.15, 0.2) is 17.0 Å². The molecule has 0 heterocycles. The van der Waals surface area contributed by atoms with E-state index in [2.05, 4.69) is 6.07 Å². The van der Waals surface area contributed by atoms with E-state index in [1.54, 1.807) is 26.0 Å². The van der Waals surface area contributed by atoms with Crippen molar-refractivity contribution in [2.24, 2.45) is 0 Å². The summed E-state index contributed by atoms with van der Waals surface area (Å²) in [4.78, 5) is 0.938. The molecule has 0 aliphatic carbocycles. The third-order valence-corrected chi connectivity index (χ3v) is 2.85. The molecule has 0 saturated heterocycles. The summed E-state index contributed by atoms with van der Waals surface area (Å²) < 4.78 is 10.5. The largest absolute Gasteiger partial charge is 0.495 e. The van der Waals surface area contributed by atoms with Gasteiger partial charge in [-0.2, -0.15) is 5.26 Å². The molecular weight excluding hydrogens is 210 g/mol. The minimum Gasteiger partial charge on any atom is -0.495 e. The number of rotatable bonds is 4. The molecule has 0 bridgehead atoms. The van der Waals surface area contributed by atoms with E-state index in [9.17, 15) is 0 Å². The Morgan fingerprint density at radius 1 is 1.33 bits per heavy atom. The molecule has 15 heavy (non-hydrogen) atoms. The van der Waals surface area contributed by atoms with Crippen LogP contribution in [0.2, 0.25) is 0 Å². The second-order valence-corrected chi connectivity index (χ2v) is 3.64. The zero-order valence-electron chi connectivity index (χ0n) is 9.03. The molecule has 1 aromatic rings. The van der Waals surface area contributed by atoms with E-state index >= 15 is 0 Å². The number of ether oxygens (including phenoxy) is 2. The van der Waals surface area contributed by atoms with E-state index in [1.807, 2.05) is 18.4 Å². The van der Waals surface area contributed by atoms with Crippen LogP contribution in [0.3, 0.4) is 0 Å². The van der Waals surface area contributed by atoms with Gasteiger partial charge in [0, 0.05) is 5.56 Å². The fourth-order valence-corrected chi connectivity index (χ4v) is 2.14. The van der Waals surface area contributed by atoms with Crippen LogP contribution >= 0.6 is 11.8 Å². The molecule has 0 unspecified atom stereocenters. The van der Waals surface area contributed by atoms with E-state index in [1.165, 1.54) is 0 Å². The summed E-state index contributed by atoms with van der Waals surface area (Å²) in [5.74, 6) is 1.52. The highest BCUT2D eigenvalue weighted by molar-refractivity contribution is 7.98. The van der Waals surface area contributed by atoms with Gasteiger partial charge in [-0.3, -0.25) is 0 Å². The lowest BCUT2D eigenvalue weighted by atomic mass is 10.1. The summed E-state index contributed by atoms with van der Waals surface area (Å²) in [5, 5.41) is 8.69. The van der Waals surface area contributed by atoms with Crippen molar-refractivity contribution in [1.29, 1.82) is 5.26 Å². The van der Waals surface area contributed by atoms with Crippen molar-refractivity contribution in [3.63, 3.8) is 0 Å². The number of benzene rings is 1. The summed E-state index contributed by atoms with van der Waals surface area (Å²) in [6.45, 7) is 0. The maximum atomic E-state index is 8.69. The second-order valence-electron chi connectivity index (χ2n) is 2.83. The molecule has 0 spiro atoms. The normalized spacial score (nSPS) is 9.47. The van der Waals surface area contributed by atoms with E-state index in [4.69, 9.17) is 14.7 Å². The second kappa shape index (κ2) is 5.52. The molecule has 0 saturated carbocycles. The van der Waals surface area contributed by atoms with Crippen LogP contribution in [0, 0.1) is 11.3 Å². The molecular formula is C11H13NO2S. The van der Waals surface area contributed by atoms with Gasteiger partial charge < -0.3 is 9.47 Å². The van der Waals surface area contributed by atoms with Crippen molar-refractivity contribution in [2.45, 2.75) is 11.3 Å². The van der Waals surface area contributed by atoms with Crippen molar-refractivity contribution < 1.29 is 9.47 Å². The number of hydrogen-bond donors (Lipinski definition) is 0. The van der Waals surface area contributed by atoms with Gasteiger partial charge in [-0.1, -0.05) is 6.07 Å². The molecule has 0 N–H and O–H groups in total. The fourth-order valence-electron chi connectivity index (χ4n) is 1.39. The van der Waals surface area contributed by atoms with Crippen LogP contribution in [-0.2, 0) is 6.42 Å². The summed E-state index contributed by atoms with van der Waals surface area (Å²) in [6, 6.07) is 5.84. The highest BCUT2D eigenvalue weighted by Crippen LogP contribution is 2.39. The third kappa shape index (κ3) is 2.37. The topological polar surface area (TPSA) is 42.2 Å². The van der Waals surface area contributed by atoms with Gasteiger partial charge in [0.05, 0.1) is 31.6 Å². The van der Waals surface area contributed by atoms with Crippen LogP contribution < -0.4 is 9.47 Å². The minimum absolute atomic E-state index is 0.348. The van der Waals surface area contributed by atoms with E-state index in [-0.39, 0.29) is 0 Å². The molecule has 0 aliphatic rings. The maximum Gasteiger partial charge on any atom is 0.140 e. The Bertz CT molecular complexity index is 385. The van der Waals surface area contributed by atoms with Crippen LogP contribution in [0.4, 0.5) is 0 Å². The average molecular weight is 223 g/mol. The quantitative estimate of drug-likeness (QED) is 0.735. The van der Waals surface area contributed by atoms with Gasteiger partial charge >= 0.3 is 0 Å². The summed E-state index contributed by atoms with van der Waals surface area (Å²) >= 11 is 1.55. The van der Waals surface area contributed by atoms with Gasteiger partial charge in [-0.05, 0) is 12.3 Å². The van der Waals surface area contributed by atoms with Crippen molar-refractivity contribution in [1.82, 2.24) is 0 Å². The molecule has 1 aromatic carbocycles. The first-order valence-corrected chi connectivity index (χ1v) is 5.65. The number of nitriles is 1. The lowest BCUT2D eigenvalue weighted by molar-refractivity contribution is 0.374. The molecule has 80 valence electrons. The van der Waals surface area contributed by atoms with Crippen molar-refractivity contribution in [2.75, 3.05) is 20.5 Å². The van der Waals surface area contributed by atoms with Gasteiger partial charge in [0.1, 0.15) is 11.5 Å². The standard InChI is InChI=1S/C11H13NO2S/c1-13-9-5-4-8(6-7-12)10(14-2)11(9)15-3/h4-5H,6H2,1-3H3. The van der Waals surface area contributed by atoms with Gasteiger partial charge in [-0.25, -0.2) is 0 Å². The molecule has 4 heteroatoms. The van der Waals surface area contributed by atoms with Crippen molar-refractivity contribution in [3.8, 4) is 17.6 Å². The van der Waals surface area contributed by atoms with Crippen molar-refractivity contribution in [3.05, 3.63) is 17.7 Å². The highest BCUT2D eigenvalue weighted by Gasteiger charge is 2.13. The summed E-state index contributed by atoms with van der Waals surface area (Å²) in [5.41, 5.74) is 0.894. The predicted molar refractivity (Wildman–Crippen MR) is 60.6 cm³/mol. The summed E-state index contributed by atoms with van der Waals surface area (Å²) in [7, 11) is 3.23. The minimum atomic E-state index is 0.348. The maximum absolute atomic E-state index is 8.69. The Morgan fingerprint density at radius 3 is 2.53 bits per heavy atom. The highest BCUT2D eigenvalue weighted by atomic mass is 32.2. The van der Waals surface area contributed by atoms with E-state index in [0.717, 1.165) is 22.0 Å². The monoisotopic (exact) mass is 223 g/mol. The Kier molecular flexibility index (Phi) is 4.32. The van der Waals surface area contributed by atoms with Gasteiger partial charge in [0.25, 0.3) is 0 Å². The van der Waals surface area contributed by atoms with Gasteiger partial charge in [-0.15, -0.1) is 11.8 Å². The SMILES string of the molecule is COc1ccc(CC#N)c(OC)c1SC. The number of hydrogen-bond acceptors (Lipinski definition) is 4. The number of methoxy groups -OCH3 is 2. The Labute approximate surface area is 94.0 Å². The average Bonchev–Trinajstić information content (AvgIpc) is 2.28. The van der Waals surface area contributed by atoms with Gasteiger partial charge in [0.2, 0.25) is 0 Å². The van der Waals surface area contributed by atoms with Crippen LogP contribution in [0.25, 0.3) is 0 Å². The molecule has 0 aliphatic heterocycles. The van der Waals surface area contributed by atoms with Crippen LogP contribution in [-0.4, -0.2) is 20.5 Å². The number of nitrogens with zero attached hydrogens (tertiary/aromatic N) is 1. The smallest absolute Gasteiger partial charge is 0.140 e. The molecule has 0 amide bonds. The molecule has 0 radical (unpaired) electrons. The zero-order chi connectivity index (χ0) is 11.3. The fraction of sp³-hybridized carbons (Fsp3) is 0.364. The number of thioether (sulfide) groups is 1. The lowest BCUT2D eigenvalue weighted by Gasteiger charge is -2.13. The Balaban J connectivity index is 3.28. The molecule has 0 fully saturated rings. The van der Waals surface area contributed by atoms with Crippen LogP contribution in [0.5, 0.6) is 11.5 Å². The third-order valence-electron chi connectivity index (χ3n) is 2.06. The Morgan fingerprint density at radius 2 is 2.07 bits per heavy atom. The van der Waals surface area contributed by atoms with E-state index in [0.29, 0.717) is 6.42 Å². The molecule has 0 atom stereocenters. The summed E-state index contributed by atoms with van der Waals surface area (Å²) in [6.07, 6.45) is 2.30. The first-order chi connectivity index (χ1) is 7.28. The van der Waals surface area contributed by atoms with E-state index < -0.39 is 0 Å². The van der Waals surface area contributed by atoms with Crippen LogP contribution in [0.1, 0.15) is 5.56 Å². The first-order valence-electron chi connectivity index (χ1n) is 4.43. The predicted octanol–water partition coefficient (Wildman–Crippen LogP) is 2.49. The Hall–Kier alpha value is -1.34. The first kappa shape index (κ1) is 11.7. The van der Waals surface area contributed by atoms with Gasteiger partial charge in [0.15, 0.2) is 0 Å². The molecule has 1 rings (SSSR count). The molecule has 0 aromatic heterocycles. The zero-order valence-corrected chi connectivity index (χ0v) is 9.85. The lowest BCUT2D eigenvalue weighted by Crippen LogP contribution is -1.96.